The van der Waals surface area contributed by atoms with E-state index in [1.54, 1.807) is 54.7 Å². The smallest absolute Gasteiger partial charge is 0.229 e. The van der Waals surface area contributed by atoms with Gasteiger partial charge in [-0.1, -0.05) is 31.2 Å². The molecule has 1 aromatic heterocycles. The minimum atomic E-state index is -3.32. The fourth-order valence-electron chi connectivity index (χ4n) is 3.85. The molecule has 8 heteroatoms. The number of benzene rings is 3. The normalized spacial score (nSPS) is 11.2. The quantitative estimate of drug-likeness (QED) is 0.237. The fourth-order valence-corrected chi connectivity index (χ4v) is 4.54. The Morgan fingerprint density at radius 1 is 0.973 bits per heavy atom. The second-order valence-corrected chi connectivity index (χ2v) is 10.7. The molecule has 188 valence electrons. The molecule has 0 aliphatic rings. The van der Waals surface area contributed by atoms with Gasteiger partial charge in [0.05, 0.1) is 23.6 Å². The first kappa shape index (κ1) is 25.9. The Hall–Kier alpha value is -4.22. The monoisotopic (exact) mass is 514 g/mol. The van der Waals surface area contributed by atoms with E-state index in [2.05, 4.69) is 9.83 Å². The zero-order valence-electron chi connectivity index (χ0n) is 20.6. The third-order valence-electron chi connectivity index (χ3n) is 5.64. The molecule has 4 aromatic rings. The highest BCUT2D eigenvalue weighted by Gasteiger charge is 2.13. The predicted molar refractivity (Wildman–Crippen MR) is 142 cm³/mol. The van der Waals surface area contributed by atoms with Gasteiger partial charge in [0.15, 0.2) is 9.84 Å². The van der Waals surface area contributed by atoms with Gasteiger partial charge in [0.25, 0.3) is 0 Å². The second-order valence-electron chi connectivity index (χ2n) is 8.66. The number of nitrogens with zero attached hydrogens (tertiary/aromatic N) is 2. The summed E-state index contributed by atoms with van der Waals surface area (Å²) in [5.41, 5.74) is 2.55. The van der Waals surface area contributed by atoms with Crippen LogP contribution >= 0.6 is 0 Å². The molecule has 0 radical (unpaired) electrons. The Kier molecular flexibility index (Phi) is 7.85. The maximum absolute atomic E-state index is 12.6. The molecule has 3 aromatic carbocycles. The first-order valence-electron chi connectivity index (χ1n) is 11.8. The molecule has 0 atom stereocenters. The van der Waals surface area contributed by atoms with Gasteiger partial charge < -0.3 is 9.47 Å². The van der Waals surface area contributed by atoms with Crippen LogP contribution in [0.3, 0.4) is 0 Å². The molecule has 0 amide bonds. The molecule has 0 N–H and O–H groups in total. The Balaban J connectivity index is 1.46. The number of pyridine rings is 1. The van der Waals surface area contributed by atoms with Gasteiger partial charge in [-0.15, -0.1) is 0 Å². The van der Waals surface area contributed by atoms with Crippen molar-refractivity contribution in [1.29, 1.82) is 0 Å². The van der Waals surface area contributed by atoms with Gasteiger partial charge >= 0.3 is 0 Å². The van der Waals surface area contributed by atoms with E-state index in [-0.39, 0.29) is 23.5 Å². The Morgan fingerprint density at radius 3 is 2.43 bits per heavy atom. The number of ether oxygens (including phenoxy) is 2. The summed E-state index contributed by atoms with van der Waals surface area (Å²) in [5, 5.41) is 0.702. The molecule has 0 spiro atoms. The molecule has 0 fully saturated rings. The van der Waals surface area contributed by atoms with Gasteiger partial charge in [0, 0.05) is 30.7 Å². The van der Waals surface area contributed by atoms with E-state index in [4.69, 9.17) is 16.0 Å². The van der Waals surface area contributed by atoms with E-state index < -0.39 is 9.84 Å². The van der Waals surface area contributed by atoms with Gasteiger partial charge in [-0.3, -0.25) is 9.78 Å². The molecule has 37 heavy (non-hydrogen) atoms. The van der Waals surface area contributed by atoms with Gasteiger partial charge in [0.2, 0.25) is 5.69 Å². The number of hydrogen-bond acceptors (Lipinski definition) is 6. The number of ketones is 1. The predicted octanol–water partition coefficient (Wildman–Crippen LogP) is 6.12. The minimum Gasteiger partial charge on any atom is -0.505 e. The number of sulfone groups is 1. The summed E-state index contributed by atoms with van der Waals surface area (Å²) >= 11 is 0. The summed E-state index contributed by atoms with van der Waals surface area (Å²) in [4.78, 5) is 20.8. The lowest BCUT2D eigenvalue weighted by molar-refractivity contribution is -0.117. The third kappa shape index (κ3) is 6.51. The maximum atomic E-state index is 12.6. The zero-order valence-corrected chi connectivity index (χ0v) is 21.4. The van der Waals surface area contributed by atoms with Crippen molar-refractivity contribution in [3.8, 4) is 17.2 Å². The summed E-state index contributed by atoms with van der Waals surface area (Å²) in [6.07, 6.45) is 4.00. The van der Waals surface area contributed by atoms with Gasteiger partial charge in [0.1, 0.15) is 23.0 Å². The van der Waals surface area contributed by atoms with Crippen LogP contribution < -0.4 is 9.47 Å². The lowest BCUT2D eigenvalue weighted by Gasteiger charge is -2.12. The van der Waals surface area contributed by atoms with Crippen molar-refractivity contribution in [2.45, 2.75) is 31.1 Å². The first-order valence-corrected chi connectivity index (χ1v) is 13.7. The summed E-state index contributed by atoms with van der Waals surface area (Å²) in [7, 11) is -3.32. The van der Waals surface area contributed by atoms with E-state index in [9.17, 15) is 13.2 Å². The number of fused-ring (bicyclic) bond motifs is 1. The molecule has 0 aliphatic heterocycles. The molecule has 0 saturated carbocycles. The van der Waals surface area contributed by atoms with Crippen LogP contribution in [-0.4, -0.2) is 32.0 Å². The molecular weight excluding hydrogens is 488 g/mol. The molecule has 7 nitrogen and oxygen atoms in total. The molecule has 4 rings (SSSR count). The van der Waals surface area contributed by atoms with Crippen molar-refractivity contribution in [3.63, 3.8) is 0 Å². The summed E-state index contributed by atoms with van der Waals surface area (Å²) in [6, 6.07) is 18.9. The van der Waals surface area contributed by atoms with E-state index in [0.29, 0.717) is 46.0 Å². The molecule has 0 bridgehead atoms. The Bertz CT molecular complexity index is 1590. The highest BCUT2D eigenvalue weighted by atomic mass is 32.2. The zero-order chi connectivity index (χ0) is 26.4. The van der Waals surface area contributed by atoms with Crippen LogP contribution in [0.1, 0.15) is 24.5 Å². The largest absolute Gasteiger partial charge is 0.505 e. The summed E-state index contributed by atoms with van der Waals surface area (Å²) < 4.78 is 35.3. The molecule has 0 aliphatic carbocycles. The average molecular weight is 515 g/mol. The first-order chi connectivity index (χ1) is 17.8. The van der Waals surface area contributed by atoms with E-state index in [1.165, 1.54) is 6.07 Å². The Labute approximate surface area is 216 Å². The van der Waals surface area contributed by atoms with Crippen molar-refractivity contribution in [1.82, 2.24) is 4.98 Å². The van der Waals surface area contributed by atoms with Crippen molar-refractivity contribution in [2.24, 2.45) is 0 Å². The summed E-state index contributed by atoms with van der Waals surface area (Å²) in [6.45, 7) is 10.0. The number of aromatic nitrogens is 1. The van der Waals surface area contributed by atoms with E-state index in [0.717, 1.165) is 18.2 Å². The topological polar surface area (TPSA) is 86.9 Å². The van der Waals surface area contributed by atoms with Crippen LogP contribution in [-0.2, 0) is 27.5 Å². The highest BCUT2D eigenvalue weighted by molar-refractivity contribution is 7.90. The van der Waals surface area contributed by atoms with Gasteiger partial charge in [-0.05, 0) is 60.0 Å². The van der Waals surface area contributed by atoms with Crippen LogP contribution in [0.15, 0.2) is 77.8 Å². The van der Waals surface area contributed by atoms with Gasteiger partial charge in [-0.2, -0.15) is 0 Å². The van der Waals surface area contributed by atoms with Gasteiger partial charge in [-0.25, -0.2) is 13.3 Å². The fraction of sp³-hybridized carbons (Fsp3) is 0.207. The maximum Gasteiger partial charge on any atom is 0.229 e. The number of carbonyl (C=O) groups is 1. The SMILES string of the molecule is [C-]#[N+]c1cc2c(Oc3ccc(CC(=O)Cc4cccc(S(C)(=O)=O)c4)cc3)ccnc2cc1OCCC. The van der Waals surface area contributed by atoms with Crippen LogP contribution in [0, 0.1) is 6.57 Å². The van der Waals surface area contributed by atoms with Crippen molar-refractivity contribution < 1.29 is 22.7 Å². The van der Waals surface area contributed by atoms with Crippen molar-refractivity contribution in [2.75, 3.05) is 12.9 Å². The number of rotatable bonds is 10. The van der Waals surface area contributed by atoms with Crippen LogP contribution in [0.2, 0.25) is 0 Å². The van der Waals surface area contributed by atoms with Crippen LogP contribution in [0.25, 0.3) is 15.7 Å². The molecule has 1 heterocycles. The summed E-state index contributed by atoms with van der Waals surface area (Å²) in [5.74, 6) is 1.63. The Morgan fingerprint density at radius 2 is 1.73 bits per heavy atom. The highest BCUT2D eigenvalue weighted by Crippen LogP contribution is 2.37. The lowest BCUT2D eigenvalue weighted by Crippen LogP contribution is -2.07. The number of carbonyl (C=O) groups excluding carboxylic acids is 1. The standard InChI is InChI=1S/C29H26N2O5S/c1-4-14-35-29-19-26-25(18-27(29)30-2)28(12-13-31-26)36-23-10-8-20(9-11-23)15-22(32)16-21-6-5-7-24(17-21)37(3,33)34/h5-13,17-19H,4,14-16H2,1,3H3. The number of Topliss-reactive ketones (excluding diaryl/α,β-unsaturated/α-hetero) is 1. The molecule has 0 unspecified atom stereocenters. The van der Waals surface area contributed by atoms with Crippen molar-refractivity contribution in [3.05, 3.63) is 95.5 Å². The van der Waals surface area contributed by atoms with Crippen molar-refractivity contribution >= 4 is 32.2 Å². The second kappa shape index (κ2) is 11.2. The minimum absolute atomic E-state index is 0.0211. The van der Waals surface area contributed by atoms with Crippen LogP contribution in [0.5, 0.6) is 17.2 Å². The molecular formula is C29H26N2O5S. The molecule has 0 saturated heterocycles. The van der Waals surface area contributed by atoms with E-state index in [1.807, 2.05) is 19.1 Å². The lowest BCUT2D eigenvalue weighted by atomic mass is 10.0. The third-order valence-corrected chi connectivity index (χ3v) is 6.75. The average Bonchev–Trinajstić information content (AvgIpc) is 2.88. The van der Waals surface area contributed by atoms with Crippen LogP contribution in [0.4, 0.5) is 5.69 Å². The number of hydrogen-bond donors (Lipinski definition) is 0. The van der Waals surface area contributed by atoms with E-state index >= 15 is 0 Å².